The molecule has 16 heavy (non-hydrogen) atoms. The third kappa shape index (κ3) is 3.46. The van der Waals surface area contributed by atoms with Gasteiger partial charge in [0.05, 0.1) is 0 Å². The lowest BCUT2D eigenvalue weighted by atomic mass is 9.77. The molecule has 0 aromatic carbocycles. The van der Waals surface area contributed by atoms with E-state index in [-0.39, 0.29) is 0 Å². The normalized spacial score (nSPS) is 23.6. The summed E-state index contributed by atoms with van der Waals surface area (Å²) in [4.78, 5) is 5.12. The van der Waals surface area contributed by atoms with Gasteiger partial charge in [-0.15, -0.1) is 0 Å². The molecule has 2 aliphatic heterocycles. The van der Waals surface area contributed by atoms with Crippen molar-refractivity contribution in [1.29, 1.82) is 0 Å². The SMILES string of the molecule is CC.CC.CCN1CCC2(CC1)CCN2C. The molecule has 0 amide bonds. The highest BCUT2D eigenvalue weighted by molar-refractivity contribution is 5.00. The number of nitrogens with zero attached hydrogens (tertiary/aromatic N) is 2. The van der Waals surface area contributed by atoms with Gasteiger partial charge in [-0.3, -0.25) is 0 Å². The predicted molar refractivity (Wildman–Crippen MR) is 74.0 cm³/mol. The summed E-state index contributed by atoms with van der Waals surface area (Å²) in [7, 11) is 2.28. The Morgan fingerprint density at radius 3 is 1.56 bits per heavy atom. The number of likely N-dealkylation sites (tertiary alicyclic amines) is 2. The number of hydrogen-bond donors (Lipinski definition) is 0. The number of hydrogen-bond acceptors (Lipinski definition) is 2. The second-order valence-electron chi connectivity index (χ2n) is 4.33. The summed E-state index contributed by atoms with van der Waals surface area (Å²) in [6.07, 6.45) is 4.25. The summed E-state index contributed by atoms with van der Waals surface area (Å²) >= 11 is 0. The average molecular weight is 228 g/mol. The van der Waals surface area contributed by atoms with Crippen molar-refractivity contribution in [3.63, 3.8) is 0 Å². The molecule has 0 atom stereocenters. The quantitative estimate of drug-likeness (QED) is 0.680. The molecule has 2 rings (SSSR count). The first-order chi connectivity index (χ1) is 7.77. The Kier molecular flexibility index (Phi) is 8.04. The second-order valence-corrected chi connectivity index (χ2v) is 4.33. The first kappa shape index (κ1) is 15.9. The molecule has 2 heterocycles. The van der Waals surface area contributed by atoms with Gasteiger partial charge >= 0.3 is 0 Å². The predicted octanol–water partition coefficient (Wildman–Crippen LogP) is 3.23. The van der Waals surface area contributed by atoms with Crippen LogP contribution in [0, 0.1) is 0 Å². The van der Waals surface area contributed by atoms with Crippen LogP contribution in [-0.2, 0) is 0 Å². The summed E-state index contributed by atoms with van der Waals surface area (Å²) in [6, 6.07) is 0. The van der Waals surface area contributed by atoms with Crippen molar-refractivity contribution in [3.8, 4) is 0 Å². The highest BCUT2D eigenvalue weighted by atomic mass is 15.3. The lowest BCUT2D eigenvalue weighted by Crippen LogP contribution is -2.62. The molecule has 1 spiro atoms. The fraction of sp³-hybridized carbons (Fsp3) is 1.00. The summed E-state index contributed by atoms with van der Waals surface area (Å²) in [5, 5.41) is 0. The molecule has 2 nitrogen and oxygen atoms in total. The zero-order valence-electron chi connectivity index (χ0n) is 12.3. The van der Waals surface area contributed by atoms with Gasteiger partial charge < -0.3 is 9.80 Å². The Bertz CT molecular complexity index is 160. The van der Waals surface area contributed by atoms with Crippen LogP contribution >= 0.6 is 0 Å². The van der Waals surface area contributed by atoms with E-state index >= 15 is 0 Å². The zero-order valence-corrected chi connectivity index (χ0v) is 12.3. The minimum atomic E-state index is 0.631. The van der Waals surface area contributed by atoms with Crippen molar-refractivity contribution in [2.24, 2.45) is 0 Å². The molecule has 2 saturated heterocycles. The van der Waals surface area contributed by atoms with E-state index in [1.807, 2.05) is 27.7 Å². The number of rotatable bonds is 1. The Balaban J connectivity index is 0.000000509. The van der Waals surface area contributed by atoms with Gasteiger partial charge in [-0.25, -0.2) is 0 Å². The second kappa shape index (κ2) is 8.08. The molecule has 0 radical (unpaired) electrons. The molecule has 98 valence electrons. The van der Waals surface area contributed by atoms with Crippen LogP contribution in [0.15, 0.2) is 0 Å². The van der Waals surface area contributed by atoms with Gasteiger partial charge in [0, 0.05) is 12.1 Å². The monoisotopic (exact) mass is 228 g/mol. The molecule has 0 bridgehead atoms. The van der Waals surface area contributed by atoms with E-state index in [4.69, 9.17) is 0 Å². The molecule has 0 N–H and O–H groups in total. The third-order valence-corrected chi connectivity index (χ3v) is 3.96. The summed E-state index contributed by atoms with van der Waals surface area (Å²) in [6.45, 7) is 15.5. The van der Waals surface area contributed by atoms with Crippen molar-refractivity contribution in [3.05, 3.63) is 0 Å². The van der Waals surface area contributed by atoms with Crippen molar-refractivity contribution >= 4 is 0 Å². The van der Waals surface area contributed by atoms with Crippen LogP contribution in [-0.4, -0.2) is 48.6 Å². The van der Waals surface area contributed by atoms with E-state index < -0.39 is 0 Å². The van der Waals surface area contributed by atoms with Gasteiger partial charge in [0.25, 0.3) is 0 Å². The smallest absolute Gasteiger partial charge is 0.0243 e. The van der Waals surface area contributed by atoms with Gasteiger partial charge in [-0.05, 0) is 45.9 Å². The summed E-state index contributed by atoms with van der Waals surface area (Å²) in [5.41, 5.74) is 0.631. The van der Waals surface area contributed by atoms with Crippen LogP contribution in [0.25, 0.3) is 0 Å². The molecule has 2 aliphatic rings. The van der Waals surface area contributed by atoms with E-state index in [0.717, 1.165) is 0 Å². The minimum Gasteiger partial charge on any atom is -0.303 e. The maximum atomic E-state index is 2.57. The minimum absolute atomic E-state index is 0.631. The maximum Gasteiger partial charge on any atom is 0.0243 e. The van der Waals surface area contributed by atoms with Gasteiger partial charge in [-0.2, -0.15) is 0 Å². The fourth-order valence-corrected chi connectivity index (χ4v) is 2.57. The molecular formula is C14H32N2. The van der Waals surface area contributed by atoms with Crippen LogP contribution in [0.3, 0.4) is 0 Å². The highest BCUT2D eigenvalue weighted by Crippen LogP contribution is 2.38. The van der Waals surface area contributed by atoms with Crippen LogP contribution in [0.5, 0.6) is 0 Å². The highest BCUT2D eigenvalue weighted by Gasteiger charge is 2.43. The van der Waals surface area contributed by atoms with E-state index in [0.29, 0.717) is 5.54 Å². The van der Waals surface area contributed by atoms with Gasteiger partial charge in [0.15, 0.2) is 0 Å². The maximum absolute atomic E-state index is 2.57. The van der Waals surface area contributed by atoms with Gasteiger partial charge in [0.1, 0.15) is 0 Å². The van der Waals surface area contributed by atoms with Crippen LogP contribution in [0.1, 0.15) is 53.9 Å². The zero-order chi connectivity index (χ0) is 12.6. The standard InChI is InChI=1S/C10H20N2.2C2H6/c1-3-12-8-5-10(6-9-12)4-7-11(10)2;2*1-2/h3-9H2,1-2H3;2*1-2H3. The molecule has 0 saturated carbocycles. The number of piperidine rings is 1. The first-order valence-corrected chi connectivity index (χ1v) is 7.20. The summed E-state index contributed by atoms with van der Waals surface area (Å²) < 4.78 is 0. The topological polar surface area (TPSA) is 6.48 Å². The van der Waals surface area contributed by atoms with Crippen LogP contribution < -0.4 is 0 Å². The van der Waals surface area contributed by atoms with Gasteiger partial charge in [0.2, 0.25) is 0 Å². The Morgan fingerprint density at radius 2 is 1.31 bits per heavy atom. The molecule has 0 aromatic heterocycles. The van der Waals surface area contributed by atoms with E-state index in [2.05, 4.69) is 23.8 Å². The van der Waals surface area contributed by atoms with E-state index in [1.54, 1.807) is 0 Å². The van der Waals surface area contributed by atoms with E-state index in [1.165, 1.54) is 45.4 Å². The van der Waals surface area contributed by atoms with Crippen molar-refractivity contribution in [2.45, 2.75) is 59.4 Å². The Labute approximate surface area is 103 Å². The van der Waals surface area contributed by atoms with Crippen LogP contribution in [0.4, 0.5) is 0 Å². The largest absolute Gasteiger partial charge is 0.303 e. The Morgan fingerprint density at radius 1 is 0.875 bits per heavy atom. The van der Waals surface area contributed by atoms with Crippen molar-refractivity contribution < 1.29 is 0 Å². The first-order valence-electron chi connectivity index (χ1n) is 7.20. The molecule has 0 aliphatic carbocycles. The molecule has 0 aromatic rings. The lowest BCUT2D eigenvalue weighted by Gasteiger charge is -2.55. The lowest BCUT2D eigenvalue weighted by molar-refractivity contribution is -0.0384. The molecular weight excluding hydrogens is 196 g/mol. The summed E-state index contributed by atoms with van der Waals surface area (Å²) in [5.74, 6) is 0. The average Bonchev–Trinajstić information content (AvgIpc) is 2.41. The van der Waals surface area contributed by atoms with E-state index in [9.17, 15) is 0 Å². The Hall–Kier alpha value is -0.0800. The molecule has 2 fully saturated rings. The molecule has 0 unspecified atom stereocenters. The van der Waals surface area contributed by atoms with Crippen molar-refractivity contribution in [2.75, 3.05) is 33.2 Å². The van der Waals surface area contributed by atoms with Crippen molar-refractivity contribution in [1.82, 2.24) is 9.80 Å². The van der Waals surface area contributed by atoms with Crippen LogP contribution in [0.2, 0.25) is 0 Å². The fourth-order valence-electron chi connectivity index (χ4n) is 2.57. The van der Waals surface area contributed by atoms with Gasteiger partial charge in [-0.1, -0.05) is 34.6 Å². The molecule has 2 heteroatoms. The third-order valence-electron chi connectivity index (χ3n) is 3.96.